The van der Waals surface area contributed by atoms with Gasteiger partial charge in [-0.3, -0.25) is 0 Å². The molecule has 0 amide bonds. The van der Waals surface area contributed by atoms with Crippen molar-refractivity contribution in [3.63, 3.8) is 0 Å². The molecular weight excluding hydrogens is 430 g/mol. The molecule has 0 unspecified atom stereocenters. The van der Waals surface area contributed by atoms with Crippen molar-refractivity contribution in [3.8, 4) is 28.4 Å². The van der Waals surface area contributed by atoms with E-state index in [0.29, 0.717) is 40.0 Å². The average Bonchev–Trinajstić information content (AvgIpc) is 2.84. The molecule has 0 fully saturated rings. The van der Waals surface area contributed by atoms with Crippen LogP contribution in [-0.2, 0) is 6.54 Å². The van der Waals surface area contributed by atoms with E-state index in [2.05, 4.69) is 0 Å². The molecule has 1 aliphatic rings. The number of methoxy groups -OCH3 is 2. The maximum Gasteiger partial charge on any atom is 0.336 e. The summed E-state index contributed by atoms with van der Waals surface area (Å²) in [4.78, 5) is 14.5. The van der Waals surface area contributed by atoms with E-state index in [1.165, 1.54) is 6.07 Å². The maximum absolute atomic E-state index is 12.5. The summed E-state index contributed by atoms with van der Waals surface area (Å²) < 4.78 is 22.6. The Morgan fingerprint density at radius 1 is 1.00 bits per heavy atom. The van der Waals surface area contributed by atoms with E-state index in [1.807, 2.05) is 53.4 Å². The fourth-order valence-electron chi connectivity index (χ4n) is 4.04. The molecule has 0 atom stereocenters. The first-order chi connectivity index (χ1) is 15.6. The Hall–Kier alpha value is -3.64. The second-order valence-electron chi connectivity index (χ2n) is 7.40. The first kappa shape index (κ1) is 20.3. The van der Waals surface area contributed by atoms with E-state index in [4.69, 9.17) is 30.2 Å². The summed E-state index contributed by atoms with van der Waals surface area (Å²) >= 11 is 6.61. The zero-order valence-corrected chi connectivity index (χ0v) is 18.3. The highest BCUT2D eigenvalue weighted by Gasteiger charge is 2.27. The summed E-state index contributed by atoms with van der Waals surface area (Å²) in [5.41, 5.74) is 3.20. The number of anilines is 1. The Morgan fingerprint density at radius 2 is 1.81 bits per heavy atom. The Bertz CT molecular complexity index is 1370. The lowest BCUT2D eigenvalue weighted by atomic mass is 9.99. The van der Waals surface area contributed by atoms with Crippen molar-refractivity contribution in [2.45, 2.75) is 6.54 Å². The minimum atomic E-state index is -0.433. The number of halogens is 1. The average molecular weight is 450 g/mol. The van der Waals surface area contributed by atoms with Crippen molar-refractivity contribution >= 4 is 28.3 Å². The molecular formula is C25H20ClNO5. The van der Waals surface area contributed by atoms with Gasteiger partial charge >= 0.3 is 5.63 Å². The molecule has 0 radical (unpaired) electrons. The Balaban J connectivity index is 1.69. The topological polar surface area (TPSA) is 61.1 Å². The number of nitrogens with zero attached hydrogens (tertiary/aromatic N) is 1. The third kappa shape index (κ3) is 3.42. The standard InChI is InChI=1S/C25H20ClNO5/c1-29-16-8-9-22(30-2)21(10-16)27-13-19-24-18(11-20(26)25(19)31-14-27)17(12-23(28)32-24)15-6-4-3-5-7-15/h3-12H,13-14H2,1-2H3. The summed E-state index contributed by atoms with van der Waals surface area (Å²) in [6.07, 6.45) is 0. The minimum Gasteiger partial charge on any atom is -0.497 e. The van der Waals surface area contributed by atoms with Crippen molar-refractivity contribution in [2.24, 2.45) is 0 Å². The number of fused-ring (bicyclic) bond motifs is 3. The minimum absolute atomic E-state index is 0.254. The van der Waals surface area contributed by atoms with Crippen LogP contribution in [0.4, 0.5) is 5.69 Å². The molecule has 0 spiro atoms. The summed E-state index contributed by atoms with van der Waals surface area (Å²) in [7, 11) is 3.22. The van der Waals surface area contributed by atoms with E-state index >= 15 is 0 Å². The zero-order valence-electron chi connectivity index (χ0n) is 17.6. The third-order valence-electron chi connectivity index (χ3n) is 5.56. The highest BCUT2D eigenvalue weighted by Crippen LogP contribution is 2.43. The number of ether oxygens (including phenoxy) is 3. The van der Waals surface area contributed by atoms with Gasteiger partial charge in [0.1, 0.15) is 22.8 Å². The third-order valence-corrected chi connectivity index (χ3v) is 5.84. The van der Waals surface area contributed by atoms with Crippen molar-refractivity contribution in [1.82, 2.24) is 0 Å². The van der Waals surface area contributed by atoms with E-state index < -0.39 is 5.63 Å². The van der Waals surface area contributed by atoms with Crippen LogP contribution in [0.25, 0.3) is 22.1 Å². The maximum atomic E-state index is 12.5. The van der Waals surface area contributed by atoms with Crippen molar-refractivity contribution < 1.29 is 18.6 Å². The van der Waals surface area contributed by atoms with Crippen molar-refractivity contribution in [1.29, 1.82) is 0 Å². The summed E-state index contributed by atoms with van der Waals surface area (Å²) in [6.45, 7) is 0.668. The predicted octanol–water partition coefficient (Wildman–Crippen LogP) is 5.49. The predicted molar refractivity (Wildman–Crippen MR) is 124 cm³/mol. The van der Waals surface area contributed by atoms with Crippen LogP contribution in [-0.4, -0.2) is 21.0 Å². The molecule has 6 nitrogen and oxygen atoms in total. The lowest BCUT2D eigenvalue weighted by Crippen LogP contribution is -2.32. The van der Waals surface area contributed by atoms with E-state index in [1.54, 1.807) is 20.3 Å². The smallest absolute Gasteiger partial charge is 0.336 e. The molecule has 162 valence electrons. The molecule has 0 bridgehead atoms. The van der Waals surface area contributed by atoms with Gasteiger partial charge in [-0.05, 0) is 29.3 Å². The van der Waals surface area contributed by atoms with Crippen molar-refractivity contribution in [3.05, 3.63) is 81.7 Å². The molecule has 1 aromatic heterocycles. The molecule has 0 aliphatic carbocycles. The normalized spacial score (nSPS) is 12.9. The van der Waals surface area contributed by atoms with Crippen LogP contribution in [0.3, 0.4) is 0 Å². The molecule has 1 aliphatic heterocycles. The van der Waals surface area contributed by atoms with Gasteiger partial charge in [-0.25, -0.2) is 4.79 Å². The first-order valence-corrected chi connectivity index (χ1v) is 10.4. The largest absolute Gasteiger partial charge is 0.497 e. The Kier molecular flexibility index (Phi) is 5.15. The van der Waals surface area contributed by atoms with Crippen LogP contribution in [0.1, 0.15) is 5.56 Å². The summed E-state index contributed by atoms with van der Waals surface area (Å²) in [5, 5.41) is 1.22. The highest BCUT2D eigenvalue weighted by atomic mass is 35.5. The first-order valence-electron chi connectivity index (χ1n) is 10.0. The van der Waals surface area contributed by atoms with Gasteiger partial charge in [-0.2, -0.15) is 0 Å². The fourth-order valence-corrected chi connectivity index (χ4v) is 4.32. The molecule has 0 N–H and O–H groups in total. The monoisotopic (exact) mass is 449 g/mol. The molecule has 0 saturated heterocycles. The zero-order chi connectivity index (χ0) is 22.2. The van der Waals surface area contributed by atoms with Crippen LogP contribution in [0.2, 0.25) is 5.02 Å². The van der Waals surface area contributed by atoms with Gasteiger partial charge in [0, 0.05) is 17.5 Å². The molecule has 7 heteroatoms. The Morgan fingerprint density at radius 3 is 2.56 bits per heavy atom. The molecule has 4 aromatic rings. The SMILES string of the molecule is COc1ccc(OC)c(N2COc3c(Cl)cc4c(-c5ccccc5)cc(=O)oc4c3C2)c1. The molecule has 2 heterocycles. The summed E-state index contributed by atoms with van der Waals surface area (Å²) in [5.74, 6) is 1.89. The van der Waals surface area contributed by atoms with E-state index in [-0.39, 0.29) is 6.73 Å². The number of rotatable bonds is 4. The quantitative estimate of drug-likeness (QED) is 0.384. The number of benzene rings is 3. The highest BCUT2D eigenvalue weighted by molar-refractivity contribution is 6.33. The summed E-state index contributed by atoms with van der Waals surface area (Å²) in [6, 6.07) is 18.5. The van der Waals surface area contributed by atoms with Gasteiger partial charge in [-0.1, -0.05) is 41.9 Å². The van der Waals surface area contributed by atoms with Crippen LogP contribution >= 0.6 is 11.6 Å². The van der Waals surface area contributed by atoms with Gasteiger partial charge in [0.15, 0.2) is 6.73 Å². The van der Waals surface area contributed by atoms with Gasteiger partial charge < -0.3 is 23.5 Å². The molecule has 0 saturated carbocycles. The van der Waals surface area contributed by atoms with E-state index in [0.717, 1.165) is 22.2 Å². The van der Waals surface area contributed by atoms with Crippen LogP contribution in [0, 0.1) is 0 Å². The van der Waals surface area contributed by atoms with Crippen LogP contribution in [0.5, 0.6) is 17.2 Å². The van der Waals surface area contributed by atoms with Gasteiger partial charge in [-0.15, -0.1) is 0 Å². The van der Waals surface area contributed by atoms with Gasteiger partial charge in [0.2, 0.25) is 0 Å². The van der Waals surface area contributed by atoms with Crippen LogP contribution < -0.4 is 24.7 Å². The van der Waals surface area contributed by atoms with E-state index in [9.17, 15) is 4.79 Å². The second-order valence-corrected chi connectivity index (χ2v) is 7.80. The van der Waals surface area contributed by atoms with Gasteiger partial charge in [0.05, 0.1) is 37.0 Å². The lowest BCUT2D eigenvalue weighted by molar-refractivity contribution is 0.287. The number of hydrogen-bond acceptors (Lipinski definition) is 6. The second kappa shape index (κ2) is 8.13. The fraction of sp³-hybridized carbons (Fsp3) is 0.160. The Labute approximate surface area is 189 Å². The molecule has 3 aromatic carbocycles. The van der Waals surface area contributed by atoms with Crippen LogP contribution in [0.15, 0.2) is 69.9 Å². The van der Waals surface area contributed by atoms with Crippen molar-refractivity contribution in [2.75, 3.05) is 25.9 Å². The number of hydrogen-bond donors (Lipinski definition) is 0. The molecule has 32 heavy (non-hydrogen) atoms. The van der Waals surface area contributed by atoms with Gasteiger partial charge in [0.25, 0.3) is 0 Å². The molecule has 5 rings (SSSR count). The lowest BCUT2D eigenvalue weighted by Gasteiger charge is -2.32.